The number of nitrogens with zero attached hydrogens (tertiary/aromatic N) is 1. The molecule has 112 valence electrons. The van der Waals surface area contributed by atoms with Crippen molar-refractivity contribution < 1.29 is 19.1 Å². The second kappa shape index (κ2) is 5.48. The van der Waals surface area contributed by atoms with E-state index in [-0.39, 0.29) is 18.3 Å². The van der Waals surface area contributed by atoms with Crippen LogP contribution >= 0.6 is 0 Å². The van der Waals surface area contributed by atoms with Crippen molar-refractivity contribution in [3.63, 3.8) is 0 Å². The van der Waals surface area contributed by atoms with E-state index in [1.165, 1.54) is 7.11 Å². The van der Waals surface area contributed by atoms with Crippen LogP contribution in [-0.4, -0.2) is 49.0 Å². The van der Waals surface area contributed by atoms with Crippen LogP contribution in [0, 0.1) is 0 Å². The molecule has 0 N–H and O–H groups in total. The van der Waals surface area contributed by atoms with Crippen molar-refractivity contribution >= 4 is 11.7 Å². The number of amides is 1. The van der Waals surface area contributed by atoms with Gasteiger partial charge in [-0.2, -0.15) is 0 Å². The van der Waals surface area contributed by atoms with Gasteiger partial charge in [0.15, 0.2) is 5.78 Å². The first kappa shape index (κ1) is 14.1. The lowest BCUT2D eigenvalue weighted by Gasteiger charge is -2.43. The molecule has 2 aliphatic rings. The zero-order valence-corrected chi connectivity index (χ0v) is 12.1. The van der Waals surface area contributed by atoms with E-state index >= 15 is 0 Å². The molecule has 1 spiro atoms. The molecule has 5 heteroatoms. The molecule has 1 fully saturated rings. The monoisotopic (exact) mass is 289 g/mol. The lowest BCUT2D eigenvalue weighted by Crippen LogP contribution is -2.52. The number of ether oxygens (including phenoxy) is 2. The molecule has 0 unspecified atom stereocenters. The Balaban J connectivity index is 1.72. The predicted octanol–water partition coefficient (Wildman–Crippen LogP) is 1.66. The van der Waals surface area contributed by atoms with E-state index in [0.717, 1.165) is 0 Å². The summed E-state index contributed by atoms with van der Waals surface area (Å²) in [6.45, 7) is 1.32. The van der Waals surface area contributed by atoms with Gasteiger partial charge in [-0.05, 0) is 12.1 Å². The highest BCUT2D eigenvalue weighted by Crippen LogP contribution is 2.39. The van der Waals surface area contributed by atoms with Gasteiger partial charge < -0.3 is 14.4 Å². The summed E-state index contributed by atoms with van der Waals surface area (Å²) in [5.74, 6) is 0.800. The fourth-order valence-electron chi connectivity index (χ4n) is 3.10. The first-order valence-corrected chi connectivity index (χ1v) is 7.21. The molecular weight excluding hydrogens is 270 g/mol. The van der Waals surface area contributed by atoms with Crippen LogP contribution in [-0.2, 0) is 9.53 Å². The van der Waals surface area contributed by atoms with Crippen LogP contribution in [0.15, 0.2) is 24.3 Å². The number of hydrogen-bond acceptors (Lipinski definition) is 4. The zero-order chi connectivity index (χ0) is 14.9. The Bertz CT molecular complexity index is 561. The fourth-order valence-corrected chi connectivity index (χ4v) is 3.10. The van der Waals surface area contributed by atoms with Gasteiger partial charge in [0.2, 0.25) is 5.91 Å². The quantitative estimate of drug-likeness (QED) is 0.831. The third-order valence-corrected chi connectivity index (χ3v) is 4.29. The number of Topliss-reactive ketones (excluding diaryl/α,β-unsaturated/α-hetero) is 1. The summed E-state index contributed by atoms with van der Waals surface area (Å²) >= 11 is 0. The van der Waals surface area contributed by atoms with Crippen LogP contribution in [0.5, 0.6) is 5.75 Å². The number of ketones is 1. The summed E-state index contributed by atoms with van der Waals surface area (Å²) in [6, 6.07) is 7.38. The lowest BCUT2D eigenvalue weighted by molar-refractivity contribution is -0.138. The van der Waals surface area contributed by atoms with Crippen LogP contribution in [0.1, 0.15) is 29.6 Å². The van der Waals surface area contributed by atoms with Crippen molar-refractivity contribution in [3.8, 4) is 5.75 Å². The summed E-state index contributed by atoms with van der Waals surface area (Å²) in [5, 5.41) is 0. The van der Waals surface area contributed by atoms with E-state index in [1.807, 2.05) is 24.3 Å². The van der Waals surface area contributed by atoms with Crippen LogP contribution in [0.3, 0.4) is 0 Å². The van der Waals surface area contributed by atoms with Gasteiger partial charge in [-0.15, -0.1) is 0 Å². The molecule has 0 radical (unpaired) electrons. The molecule has 21 heavy (non-hydrogen) atoms. The number of fused-ring (bicyclic) bond motifs is 1. The average Bonchev–Trinajstić information content (AvgIpc) is 2.48. The molecule has 0 saturated carbocycles. The topological polar surface area (TPSA) is 55.8 Å². The van der Waals surface area contributed by atoms with E-state index < -0.39 is 5.60 Å². The number of benzene rings is 1. The average molecular weight is 289 g/mol. The van der Waals surface area contributed by atoms with Crippen molar-refractivity contribution in [2.75, 3.05) is 26.8 Å². The highest BCUT2D eigenvalue weighted by atomic mass is 16.5. The van der Waals surface area contributed by atoms with Crippen molar-refractivity contribution in [2.45, 2.75) is 24.9 Å². The van der Waals surface area contributed by atoms with Crippen molar-refractivity contribution in [1.82, 2.24) is 4.90 Å². The minimum Gasteiger partial charge on any atom is -0.486 e. The van der Waals surface area contributed by atoms with Gasteiger partial charge in [0.1, 0.15) is 18.0 Å². The number of methoxy groups -OCH3 is 1. The molecule has 2 heterocycles. The number of carbonyl (C=O) groups is 2. The van der Waals surface area contributed by atoms with E-state index in [0.29, 0.717) is 43.7 Å². The summed E-state index contributed by atoms with van der Waals surface area (Å²) in [6.07, 6.45) is 1.77. The van der Waals surface area contributed by atoms with E-state index in [4.69, 9.17) is 9.47 Å². The van der Waals surface area contributed by atoms with Gasteiger partial charge in [0.05, 0.1) is 12.0 Å². The maximum Gasteiger partial charge on any atom is 0.248 e. The smallest absolute Gasteiger partial charge is 0.248 e. The second-order valence-electron chi connectivity index (χ2n) is 5.69. The van der Waals surface area contributed by atoms with Gasteiger partial charge >= 0.3 is 0 Å². The van der Waals surface area contributed by atoms with Crippen LogP contribution in [0.4, 0.5) is 0 Å². The Kier molecular flexibility index (Phi) is 3.68. The van der Waals surface area contributed by atoms with Crippen LogP contribution in [0.25, 0.3) is 0 Å². The number of para-hydroxylation sites is 1. The number of likely N-dealkylation sites (tertiary alicyclic amines) is 1. The molecule has 0 bridgehead atoms. The molecule has 0 atom stereocenters. The SMILES string of the molecule is COCC(=O)N1CCC2(CC1)CC(=O)c1ccccc1O2. The standard InChI is InChI=1S/C16H19NO4/c1-20-11-15(19)17-8-6-16(7-9-17)10-13(18)12-4-2-3-5-14(12)21-16/h2-5H,6-11H2,1H3. The molecular formula is C16H19NO4. The highest BCUT2D eigenvalue weighted by molar-refractivity contribution is 6.00. The Morgan fingerprint density at radius 1 is 1.33 bits per heavy atom. The van der Waals surface area contributed by atoms with Crippen LogP contribution in [0.2, 0.25) is 0 Å². The molecule has 1 aromatic carbocycles. The summed E-state index contributed by atoms with van der Waals surface area (Å²) in [7, 11) is 1.52. The molecule has 0 aliphatic carbocycles. The molecule has 2 aliphatic heterocycles. The van der Waals surface area contributed by atoms with Crippen LogP contribution < -0.4 is 4.74 Å². The predicted molar refractivity (Wildman–Crippen MR) is 76.4 cm³/mol. The first-order valence-electron chi connectivity index (χ1n) is 7.21. The minimum atomic E-state index is -0.449. The third kappa shape index (κ3) is 2.65. The van der Waals surface area contributed by atoms with E-state index in [2.05, 4.69) is 0 Å². The first-order chi connectivity index (χ1) is 10.1. The Morgan fingerprint density at radius 2 is 2.05 bits per heavy atom. The lowest BCUT2D eigenvalue weighted by atomic mass is 9.82. The Hall–Kier alpha value is -1.88. The second-order valence-corrected chi connectivity index (χ2v) is 5.69. The third-order valence-electron chi connectivity index (χ3n) is 4.29. The minimum absolute atomic E-state index is 0.00474. The van der Waals surface area contributed by atoms with Gasteiger partial charge in [0.25, 0.3) is 0 Å². The Labute approximate surface area is 123 Å². The summed E-state index contributed by atoms with van der Waals surface area (Å²) in [4.78, 5) is 25.9. The summed E-state index contributed by atoms with van der Waals surface area (Å²) in [5.41, 5.74) is 0.218. The van der Waals surface area contributed by atoms with Gasteiger partial charge in [-0.3, -0.25) is 9.59 Å². The zero-order valence-electron chi connectivity index (χ0n) is 12.1. The van der Waals surface area contributed by atoms with E-state index in [9.17, 15) is 9.59 Å². The summed E-state index contributed by atoms with van der Waals surface area (Å²) < 4.78 is 11.0. The van der Waals surface area contributed by atoms with Gasteiger partial charge in [-0.1, -0.05) is 12.1 Å². The largest absolute Gasteiger partial charge is 0.486 e. The molecule has 0 aromatic heterocycles. The maximum atomic E-state index is 12.3. The number of rotatable bonds is 2. The van der Waals surface area contributed by atoms with Crippen molar-refractivity contribution in [1.29, 1.82) is 0 Å². The molecule has 1 saturated heterocycles. The Morgan fingerprint density at radius 3 is 2.76 bits per heavy atom. The molecule has 1 aromatic rings. The van der Waals surface area contributed by atoms with Crippen molar-refractivity contribution in [2.24, 2.45) is 0 Å². The fraction of sp³-hybridized carbons (Fsp3) is 0.500. The number of piperidine rings is 1. The number of hydrogen-bond donors (Lipinski definition) is 0. The number of carbonyl (C=O) groups excluding carboxylic acids is 2. The molecule has 3 rings (SSSR count). The molecule has 5 nitrogen and oxygen atoms in total. The maximum absolute atomic E-state index is 12.3. The normalized spacial score (nSPS) is 20.0. The van der Waals surface area contributed by atoms with E-state index in [1.54, 1.807) is 4.90 Å². The van der Waals surface area contributed by atoms with Gasteiger partial charge in [0, 0.05) is 33.0 Å². The highest BCUT2D eigenvalue weighted by Gasteiger charge is 2.43. The molecule has 1 amide bonds. The van der Waals surface area contributed by atoms with Gasteiger partial charge in [-0.25, -0.2) is 0 Å². The van der Waals surface area contributed by atoms with Crippen molar-refractivity contribution in [3.05, 3.63) is 29.8 Å².